The van der Waals surface area contributed by atoms with Crippen LogP contribution >= 0.6 is 0 Å². The van der Waals surface area contributed by atoms with Crippen LogP contribution in [0.15, 0.2) is 33.8 Å². The molecule has 0 saturated heterocycles. The third kappa shape index (κ3) is 5.52. The Hall–Kier alpha value is -2.50. The molecule has 0 aliphatic carbocycles. The number of nitrogens with one attached hydrogen (secondary N) is 2. The number of aryl methyl sites for hydroxylation is 3. The monoisotopic (exact) mass is 344 g/mol. The smallest absolute Gasteiger partial charge is 0.191 e. The van der Waals surface area contributed by atoms with Crippen molar-refractivity contribution >= 4 is 5.96 Å². The summed E-state index contributed by atoms with van der Waals surface area (Å²) in [6.45, 7) is 8.08. The lowest BCUT2D eigenvalue weighted by atomic mass is 10.1. The summed E-state index contributed by atoms with van der Waals surface area (Å²) in [5.74, 6) is 2.55. The Morgan fingerprint density at radius 3 is 2.76 bits per heavy atom. The molecular weight excluding hydrogens is 316 g/mol. The second kappa shape index (κ2) is 9.71. The average Bonchev–Trinajstić information content (AvgIpc) is 3.03. The molecule has 0 aliphatic rings. The van der Waals surface area contributed by atoms with Gasteiger partial charge in [-0.3, -0.25) is 4.99 Å². The number of hydrogen-bond acceptors (Lipinski definition) is 4. The predicted octanol–water partition coefficient (Wildman–Crippen LogP) is 2.85. The van der Waals surface area contributed by atoms with Gasteiger partial charge < -0.3 is 19.9 Å². The van der Waals surface area contributed by atoms with Crippen molar-refractivity contribution in [2.75, 3.05) is 20.2 Å². The van der Waals surface area contributed by atoms with E-state index in [9.17, 15) is 0 Å². The van der Waals surface area contributed by atoms with Gasteiger partial charge in [0.1, 0.15) is 18.1 Å². The minimum Gasteiger partial charge on any atom is -0.492 e. The molecule has 0 unspecified atom stereocenters. The first-order valence-electron chi connectivity index (χ1n) is 8.78. The van der Waals surface area contributed by atoms with Crippen molar-refractivity contribution in [3.05, 3.63) is 46.8 Å². The quantitative estimate of drug-likeness (QED) is 0.438. The lowest BCUT2D eigenvalue weighted by molar-refractivity contribution is 0.321. The third-order valence-corrected chi connectivity index (χ3v) is 3.92. The highest BCUT2D eigenvalue weighted by Gasteiger charge is 2.13. The maximum absolute atomic E-state index is 5.73. The fourth-order valence-electron chi connectivity index (χ4n) is 2.57. The van der Waals surface area contributed by atoms with Crippen LogP contribution in [0.5, 0.6) is 5.75 Å². The Labute approximate surface area is 149 Å². The lowest BCUT2D eigenvalue weighted by Gasteiger charge is -2.13. The van der Waals surface area contributed by atoms with E-state index < -0.39 is 0 Å². The Morgan fingerprint density at radius 1 is 1.24 bits per heavy atom. The van der Waals surface area contributed by atoms with Crippen molar-refractivity contribution in [1.82, 2.24) is 15.8 Å². The number of nitrogens with zero attached hydrogens (tertiary/aromatic N) is 2. The lowest BCUT2D eigenvalue weighted by Crippen LogP contribution is -2.39. The van der Waals surface area contributed by atoms with Crippen molar-refractivity contribution in [3.63, 3.8) is 0 Å². The van der Waals surface area contributed by atoms with E-state index in [-0.39, 0.29) is 0 Å². The molecule has 0 atom stereocenters. The van der Waals surface area contributed by atoms with Crippen LogP contribution in [0.3, 0.4) is 0 Å². The fourth-order valence-corrected chi connectivity index (χ4v) is 2.57. The normalized spacial score (nSPS) is 11.4. The first-order valence-corrected chi connectivity index (χ1v) is 8.78. The standard InChI is InChI=1S/C19H28N4O2/c1-5-17-16(18(6-2)25-23-17)13-22-19(20-4)21-10-11-24-15-9-7-8-14(3)12-15/h7-9,12H,5-6,10-11,13H2,1-4H3,(H2,20,21,22). The predicted molar refractivity (Wildman–Crippen MR) is 100 cm³/mol. The molecule has 0 spiro atoms. The van der Waals surface area contributed by atoms with Gasteiger partial charge in [-0.05, 0) is 31.0 Å². The summed E-state index contributed by atoms with van der Waals surface area (Å²) in [7, 11) is 1.76. The Kier molecular flexibility index (Phi) is 7.32. The van der Waals surface area contributed by atoms with Crippen molar-refractivity contribution in [3.8, 4) is 5.75 Å². The number of hydrogen-bond donors (Lipinski definition) is 2. The van der Waals surface area contributed by atoms with Crippen LogP contribution in [0.4, 0.5) is 0 Å². The van der Waals surface area contributed by atoms with E-state index >= 15 is 0 Å². The van der Waals surface area contributed by atoms with Crippen LogP contribution in [-0.4, -0.2) is 31.3 Å². The van der Waals surface area contributed by atoms with Gasteiger partial charge in [-0.1, -0.05) is 31.1 Å². The van der Waals surface area contributed by atoms with Crippen LogP contribution in [-0.2, 0) is 19.4 Å². The van der Waals surface area contributed by atoms with E-state index in [0.29, 0.717) is 19.7 Å². The molecule has 6 nitrogen and oxygen atoms in total. The van der Waals surface area contributed by atoms with Gasteiger partial charge in [-0.15, -0.1) is 0 Å². The maximum atomic E-state index is 5.73. The number of aliphatic imine (C=N–C) groups is 1. The second-order valence-electron chi connectivity index (χ2n) is 5.76. The Balaban J connectivity index is 1.78. The van der Waals surface area contributed by atoms with Crippen molar-refractivity contribution in [2.45, 2.75) is 40.2 Å². The van der Waals surface area contributed by atoms with Gasteiger partial charge in [-0.2, -0.15) is 0 Å². The van der Waals surface area contributed by atoms with Crippen LogP contribution in [0.25, 0.3) is 0 Å². The molecule has 6 heteroatoms. The van der Waals surface area contributed by atoms with E-state index in [2.05, 4.69) is 47.6 Å². The van der Waals surface area contributed by atoms with E-state index in [1.54, 1.807) is 7.05 Å². The highest BCUT2D eigenvalue weighted by molar-refractivity contribution is 5.79. The van der Waals surface area contributed by atoms with Gasteiger partial charge in [0.15, 0.2) is 5.96 Å². The summed E-state index contributed by atoms with van der Waals surface area (Å²) in [5, 5.41) is 10.7. The molecule has 2 aromatic rings. The summed E-state index contributed by atoms with van der Waals surface area (Å²) in [6.07, 6.45) is 1.69. The number of guanidine groups is 1. The van der Waals surface area contributed by atoms with E-state index in [1.807, 2.05) is 18.2 Å². The van der Waals surface area contributed by atoms with Crippen molar-refractivity contribution in [2.24, 2.45) is 4.99 Å². The number of rotatable bonds is 8. The summed E-state index contributed by atoms with van der Waals surface area (Å²) >= 11 is 0. The highest BCUT2D eigenvalue weighted by Crippen LogP contribution is 2.15. The summed E-state index contributed by atoms with van der Waals surface area (Å²) in [6, 6.07) is 8.03. The minimum absolute atomic E-state index is 0.567. The maximum Gasteiger partial charge on any atom is 0.191 e. The molecule has 136 valence electrons. The first kappa shape index (κ1) is 18.8. The van der Waals surface area contributed by atoms with Gasteiger partial charge in [-0.25, -0.2) is 0 Å². The molecule has 0 fully saturated rings. The molecule has 1 aromatic heterocycles. The second-order valence-corrected chi connectivity index (χ2v) is 5.76. The fraction of sp³-hybridized carbons (Fsp3) is 0.474. The molecule has 2 rings (SSSR count). The molecule has 0 radical (unpaired) electrons. The molecule has 0 amide bonds. The Bertz CT molecular complexity index is 673. The molecule has 2 N–H and O–H groups in total. The topological polar surface area (TPSA) is 71.7 Å². The van der Waals surface area contributed by atoms with Crippen LogP contribution in [0, 0.1) is 6.92 Å². The number of aromatic nitrogens is 1. The largest absolute Gasteiger partial charge is 0.492 e. The zero-order valence-electron chi connectivity index (χ0n) is 15.6. The van der Waals surface area contributed by atoms with Gasteiger partial charge in [0.2, 0.25) is 0 Å². The van der Waals surface area contributed by atoms with E-state index in [1.165, 1.54) is 5.56 Å². The Morgan fingerprint density at radius 2 is 2.08 bits per heavy atom. The average molecular weight is 344 g/mol. The van der Waals surface area contributed by atoms with Gasteiger partial charge in [0, 0.05) is 25.6 Å². The number of ether oxygens (including phenoxy) is 1. The summed E-state index contributed by atoms with van der Waals surface area (Å²) < 4.78 is 11.1. The molecular formula is C19H28N4O2. The van der Waals surface area contributed by atoms with Gasteiger partial charge in [0.25, 0.3) is 0 Å². The molecule has 1 aromatic carbocycles. The van der Waals surface area contributed by atoms with Gasteiger partial charge in [0.05, 0.1) is 12.2 Å². The van der Waals surface area contributed by atoms with Crippen molar-refractivity contribution in [1.29, 1.82) is 0 Å². The first-order chi connectivity index (χ1) is 12.2. The number of benzene rings is 1. The third-order valence-electron chi connectivity index (χ3n) is 3.92. The minimum atomic E-state index is 0.567. The molecule has 25 heavy (non-hydrogen) atoms. The van der Waals surface area contributed by atoms with Crippen LogP contribution in [0.1, 0.15) is 36.4 Å². The molecule has 0 bridgehead atoms. The SMILES string of the molecule is CCc1noc(CC)c1CNC(=NC)NCCOc1cccc(C)c1. The highest BCUT2D eigenvalue weighted by atomic mass is 16.5. The molecule has 0 saturated carbocycles. The zero-order valence-corrected chi connectivity index (χ0v) is 15.6. The van der Waals surface area contributed by atoms with Gasteiger partial charge >= 0.3 is 0 Å². The molecule has 1 heterocycles. The zero-order chi connectivity index (χ0) is 18.1. The summed E-state index contributed by atoms with van der Waals surface area (Å²) in [5.41, 5.74) is 3.32. The van der Waals surface area contributed by atoms with E-state index in [4.69, 9.17) is 9.26 Å². The summed E-state index contributed by atoms with van der Waals surface area (Å²) in [4.78, 5) is 4.25. The van der Waals surface area contributed by atoms with Crippen molar-refractivity contribution < 1.29 is 9.26 Å². The van der Waals surface area contributed by atoms with Crippen LogP contribution in [0.2, 0.25) is 0 Å². The van der Waals surface area contributed by atoms with E-state index in [0.717, 1.165) is 41.6 Å². The molecule has 0 aliphatic heterocycles. The van der Waals surface area contributed by atoms with Crippen LogP contribution < -0.4 is 15.4 Å².